The van der Waals surface area contributed by atoms with E-state index in [4.69, 9.17) is 4.74 Å². The minimum Gasteiger partial charge on any atom is -0.491 e. The van der Waals surface area contributed by atoms with Crippen molar-refractivity contribution in [2.75, 3.05) is 0 Å². The average Bonchev–Trinajstić information content (AvgIpc) is 2.39. The number of hydrogen-bond acceptors (Lipinski definition) is 2. The number of ether oxygens (including phenoxy) is 1. The Morgan fingerprint density at radius 1 is 1.26 bits per heavy atom. The summed E-state index contributed by atoms with van der Waals surface area (Å²) < 4.78 is 5.61. The molecule has 1 saturated carbocycles. The SMILES string of the molecule is CC(C)Oc1cccc(C(=O)NC2CCCCC2)c1. The van der Waals surface area contributed by atoms with Crippen LogP contribution in [0.25, 0.3) is 0 Å². The zero-order valence-corrected chi connectivity index (χ0v) is 11.8. The third-order valence-corrected chi connectivity index (χ3v) is 3.41. The molecule has 2 rings (SSSR count). The van der Waals surface area contributed by atoms with Crippen molar-refractivity contribution in [3.05, 3.63) is 29.8 Å². The lowest BCUT2D eigenvalue weighted by Gasteiger charge is -2.22. The highest BCUT2D eigenvalue weighted by Gasteiger charge is 2.16. The quantitative estimate of drug-likeness (QED) is 0.900. The fourth-order valence-electron chi connectivity index (χ4n) is 2.50. The third kappa shape index (κ3) is 4.27. The summed E-state index contributed by atoms with van der Waals surface area (Å²) in [5, 5.41) is 3.12. The van der Waals surface area contributed by atoms with Crippen molar-refractivity contribution < 1.29 is 9.53 Å². The van der Waals surface area contributed by atoms with Crippen LogP contribution in [0.5, 0.6) is 5.75 Å². The summed E-state index contributed by atoms with van der Waals surface area (Å²) in [6.45, 7) is 3.96. The lowest BCUT2D eigenvalue weighted by Crippen LogP contribution is -2.36. The van der Waals surface area contributed by atoms with E-state index in [9.17, 15) is 4.79 Å². The molecule has 0 saturated heterocycles. The molecule has 104 valence electrons. The van der Waals surface area contributed by atoms with Crippen molar-refractivity contribution in [3.63, 3.8) is 0 Å². The first-order chi connectivity index (χ1) is 9.15. The van der Waals surface area contributed by atoms with Crippen LogP contribution < -0.4 is 10.1 Å². The van der Waals surface area contributed by atoms with E-state index >= 15 is 0 Å². The molecule has 1 aromatic carbocycles. The van der Waals surface area contributed by atoms with E-state index in [1.54, 1.807) is 0 Å². The maximum Gasteiger partial charge on any atom is 0.251 e. The lowest BCUT2D eigenvalue weighted by atomic mass is 9.95. The predicted molar refractivity (Wildman–Crippen MR) is 76.5 cm³/mol. The van der Waals surface area contributed by atoms with Crippen LogP contribution in [0.1, 0.15) is 56.3 Å². The predicted octanol–water partition coefficient (Wildman–Crippen LogP) is 3.54. The summed E-state index contributed by atoms with van der Waals surface area (Å²) in [6, 6.07) is 7.75. The van der Waals surface area contributed by atoms with Gasteiger partial charge in [0.1, 0.15) is 5.75 Å². The van der Waals surface area contributed by atoms with E-state index in [1.807, 2.05) is 38.1 Å². The molecule has 0 radical (unpaired) electrons. The zero-order valence-electron chi connectivity index (χ0n) is 11.8. The summed E-state index contributed by atoms with van der Waals surface area (Å²) in [4.78, 5) is 12.2. The Labute approximate surface area is 115 Å². The van der Waals surface area contributed by atoms with Gasteiger partial charge in [-0.05, 0) is 44.9 Å². The molecule has 0 unspecified atom stereocenters. The molecule has 0 aromatic heterocycles. The molecule has 0 spiro atoms. The van der Waals surface area contributed by atoms with Gasteiger partial charge in [0.15, 0.2) is 0 Å². The number of carbonyl (C=O) groups excluding carboxylic acids is 1. The largest absolute Gasteiger partial charge is 0.491 e. The Balaban J connectivity index is 1.97. The Bertz CT molecular complexity index is 423. The molecule has 1 aliphatic rings. The first-order valence-corrected chi connectivity index (χ1v) is 7.23. The monoisotopic (exact) mass is 261 g/mol. The first-order valence-electron chi connectivity index (χ1n) is 7.23. The molecule has 1 N–H and O–H groups in total. The highest BCUT2D eigenvalue weighted by Crippen LogP contribution is 2.19. The maximum absolute atomic E-state index is 12.2. The van der Waals surface area contributed by atoms with Crippen LogP contribution in [0.4, 0.5) is 0 Å². The standard InChI is InChI=1S/C16H23NO2/c1-12(2)19-15-10-6-7-13(11-15)16(18)17-14-8-4-3-5-9-14/h6-7,10-12,14H,3-5,8-9H2,1-2H3,(H,17,18). The molecule has 0 aliphatic heterocycles. The highest BCUT2D eigenvalue weighted by atomic mass is 16.5. The molecule has 3 heteroatoms. The smallest absolute Gasteiger partial charge is 0.251 e. The van der Waals surface area contributed by atoms with Crippen molar-refractivity contribution >= 4 is 5.91 Å². The van der Waals surface area contributed by atoms with Crippen molar-refractivity contribution in [2.24, 2.45) is 0 Å². The van der Waals surface area contributed by atoms with E-state index in [0.29, 0.717) is 11.6 Å². The van der Waals surface area contributed by atoms with E-state index in [-0.39, 0.29) is 12.0 Å². The van der Waals surface area contributed by atoms with Crippen LogP contribution in [0, 0.1) is 0 Å². The first kappa shape index (κ1) is 13.9. The molecule has 0 atom stereocenters. The van der Waals surface area contributed by atoms with E-state index in [0.717, 1.165) is 18.6 Å². The molecule has 1 amide bonds. The van der Waals surface area contributed by atoms with Gasteiger partial charge in [-0.15, -0.1) is 0 Å². The summed E-state index contributed by atoms with van der Waals surface area (Å²) in [5.41, 5.74) is 0.684. The number of rotatable bonds is 4. The highest BCUT2D eigenvalue weighted by molar-refractivity contribution is 5.94. The topological polar surface area (TPSA) is 38.3 Å². The van der Waals surface area contributed by atoms with Gasteiger partial charge in [0.25, 0.3) is 5.91 Å². The third-order valence-electron chi connectivity index (χ3n) is 3.41. The lowest BCUT2D eigenvalue weighted by molar-refractivity contribution is 0.0927. The number of amides is 1. The second-order valence-electron chi connectivity index (χ2n) is 5.50. The molecule has 3 nitrogen and oxygen atoms in total. The van der Waals surface area contributed by atoms with Crippen LogP contribution in [0.2, 0.25) is 0 Å². The van der Waals surface area contributed by atoms with Gasteiger partial charge in [-0.25, -0.2) is 0 Å². The zero-order chi connectivity index (χ0) is 13.7. The van der Waals surface area contributed by atoms with Gasteiger partial charge in [0.2, 0.25) is 0 Å². The van der Waals surface area contributed by atoms with Crippen LogP contribution in [0.15, 0.2) is 24.3 Å². The molecule has 0 bridgehead atoms. The molecular weight excluding hydrogens is 238 g/mol. The maximum atomic E-state index is 12.2. The van der Waals surface area contributed by atoms with Gasteiger partial charge in [0, 0.05) is 11.6 Å². The van der Waals surface area contributed by atoms with Crippen LogP contribution in [-0.2, 0) is 0 Å². The van der Waals surface area contributed by atoms with Crippen LogP contribution >= 0.6 is 0 Å². The molecule has 0 heterocycles. The van der Waals surface area contributed by atoms with Crippen molar-refractivity contribution in [2.45, 2.75) is 58.1 Å². The Morgan fingerprint density at radius 3 is 2.68 bits per heavy atom. The van der Waals surface area contributed by atoms with Crippen LogP contribution in [0.3, 0.4) is 0 Å². The summed E-state index contributed by atoms with van der Waals surface area (Å²) >= 11 is 0. The van der Waals surface area contributed by atoms with E-state index < -0.39 is 0 Å². The number of nitrogens with one attached hydrogen (secondary N) is 1. The molecule has 1 aliphatic carbocycles. The number of carbonyl (C=O) groups is 1. The fourth-order valence-corrected chi connectivity index (χ4v) is 2.50. The Kier molecular flexibility index (Phi) is 4.83. The Morgan fingerprint density at radius 2 is 2.00 bits per heavy atom. The molecule has 19 heavy (non-hydrogen) atoms. The van der Waals surface area contributed by atoms with Gasteiger partial charge in [-0.2, -0.15) is 0 Å². The summed E-state index contributed by atoms with van der Waals surface area (Å²) in [6.07, 6.45) is 6.08. The van der Waals surface area contributed by atoms with Gasteiger partial charge in [-0.1, -0.05) is 25.3 Å². The van der Waals surface area contributed by atoms with Crippen molar-refractivity contribution in [3.8, 4) is 5.75 Å². The normalized spacial score (nSPS) is 16.4. The number of hydrogen-bond donors (Lipinski definition) is 1. The van der Waals surface area contributed by atoms with E-state index in [2.05, 4.69) is 5.32 Å². The van der Waals surface area contributed by atoms with Crippen molar-refractivity contribution in [1.29, 1.82) is 0 Å². The molecule has 1 fully saturated rings. The van der Waals surface area contributed by atoms with Gasteiger partial charge in [0.05, 0.1) is 6.10 Å². The van der Waals surface area contributed by atoms with E-state index in [1.165, 1.54) is 19.3 Å². The number of benzene rings is 1. The van der Waals surface area contributed by atoms with Crippen molar-refractivity contribution in [1.82, 2.24) is 5.32 Å². The Hall–Kier alpha value is -1.51. The molecule has 1 aromatic rings. The second kappa shape index (κ2) is 6.60. The summed E-state index contributed by atoms with van der Waals surface area (Å²) in [5.74, 6) is 0.771. The van der Waals surface area contributed by atoms with Gasteiger partial charge in [-0.3, -0.25) is 4.79 Å². The fraction of sp³-hybridized carbons (Fsp3) is 0.562. The minimum atomic E-state index is 0.0149. The van der Waals surface area contributed by atoms with Gasteiger partial charge < -0.3 is 10.1 Å². The van der Waals surface area contributed by atoms with Gasteiger partial charge >= 0.3 is 0 Å². The summed E-state index contributed by atoms with van der Waals surface area (Å²) in [7, 11) is 0. The average molecular weight is 261 g/mol. The molecular formula is C16H23NO2. The second-order valence-corrected chi connectivity index (χ2v) is 5.50. The minimum absolute atomic E-state index is 0.0149. The van der Waals surface area contributed by atoms with Crippen LogP contribution in [-0.4, -0.2) is 18.1 Å².